The maximum Gasteiger partial charge on any atom is 0.254 e. The molecule has 1 fully saturated rings. The van der Waals surface area contributed by atoms with Gasteiger partial charge in [-0.05, 0) is 74.6 Å². The number of aryl methyl sites for hydroxylation is 2. The van der Waals surface area contributed by atoms with E-state index in [0.29, 0.717) is 43.2 Å². The largest absolute Gasteiger partial charge is 0.461 e. The van der Waals surface area contributed by atoms with E-state index in [-0.39, 0.29) is 17.9 Å². The number of hydrogen-bond donors (Lipinski definition) is 0. The second kappa shape index (κ2) is 13.9. The molecule has 1 aliphatic rings. The standard InChI is InChI=1S/C33H39N5O3S/c1-4-5-11-26-15-17-27(18-16-26)32(40)37-20-19-36(23-25(37)3)30(39)14-9-22-42-33-35-34-31(29-13-8-21-41-29)38(33)28-12-7-6-10-24(28)2/h6-8,10,12-13,15-18,21,25H,4-5,9,11,14,19-20,22-23H2,1-3H3. The van der Waals surface area contributed by atoms with Gasteiger partial charge in [0.05, 0.1) is 12.0 Å². The third kappa shape index (κ3) is 6.78. The van der Waals surface area contributed by atoms with Crippen LogP contribution in [0.3, 0.4) is 0 Å². The van der Waals surface area contributed by atoms with E-state index in [2.05, 4.69) is 42.2 Å². The first-order valence-electron chi connectivity index (χ1n) is 14.8. The minimum absolute atomic E-state index is 0.0305. The van der Waals surface area contributed by atoms with Crippen molar-refractivity contribution in [2.24, 2.45) is 0 Å². The van der Waals surface area contributed by atoms with Gasteiger partial charge >= 0.3 is 0 Å². The van der Waals surface area contributed by atoms with Crippen molar-refractivity contribution >= 4 is 23.6 Å². The summed E-state index contributed by atoms with van der Waals surface area (Å²) in [5, 5.41) is 9.64. The highest BCUT2D eigenvalue weighted by Crippen LogP contribution is 2.30. The Morgan fingerprint density at radius 2 is 1.81 bits per heavy atom. The molecule has 42 heavy (non-hydrogen) atoms. The van der Waals surface area contributed by atoms with Crippen molar-refractivity contribution in [3.05, 3.63) is 83.6 Å². The van der Waals surface area contributed by atoms with Crippen molar-refractivity contribution in [2.75, 3.05) is 25.4 Å². The number of para-hydroxylation sites is 1. The SMILES string of the molecule is CCCCc1ccc(C(=O)N2CCN(C(=O)CCCSc3nnc(-c4ccco4)n3-c3ccccc3C)CC2C)cc1. The lowest BCUT2D eigenvalue weighted by Gasteiger charge is -2.40. The molecule has 0 aliphatic carbocycles. The summed E-state index contributed by atoms with van der Waals surface area (Å²) in [5.74, 6) is 2.22. The Kier molecular flexibility index (Phi) is 9.79. The molecule has 0 N–H and O–H groups in total. The molecular formula is C33H39N5O3S. The van der Waals surface area contributed by atoms with Gasteiger partial charge in [-0.15, -0.1) is 10.2 Å². The van der Waals surface area contributed by atoms with Crippen molar-refractivity contribution in [1.29, 1.82) is 0 Å². The smallest absolute Gasteiger partial charge is 0.254 e. The van der Waals surface area contributed by atoms with Gasteiger partial charge < -0.3 is 14.2 Å². The fraction of sp³-hybridized carbons (Fsp3) is 0.394. The Hall–Kier alpha value is -3.85. The number of furan rings is 1. The van der Waals surface area contributed by atoms with Crippen LogP contribution in [-0.2, 0) is 11.2 Å². The molecule has 9 heteroatoms. The number of carbonyl (C=O) groups excluding carboxylic acids is 2. The Morgan fingerprint density at radius 3 is 2.52 bits per heavy atom. The fourth-order valence-electron chi connectivity index (χ4n) is 5.35. The van der Waals surface area contributed by atoms with E-state index in [0.717, 1.165) is 47.8 Å². The molecule has 0 radical (unpaired) electrons. The summed E-state index contributed by atoms with van der Waals surface area (Å²) in [6.45, 7) is 7.94. The van der Waals surface area contributed by atoms with Crippen molar-refractivity contribution in [3.63, 3.8) is 0 Å². The molecule has 8 nitrogen and oxygen atoms in total. The molecular weight excluding hydrogens is 546 g/mol. The molecule has 1 aliphatic heterocycles. The average Bonchev–Trinajstić information content (AvgIpc) is 3.69. The molecule has 1 atom stereocenters. The second-order valence-corrected chi connectivity index (χ2v) is 11.9. The average molecular weight is 586 g/mol. The number of thioether (sulfide) groups is 1. The van der Waals surface area contributed by atoms with Gasteiger partial charge in [0.25, 0.3) is 5.91 Å². The summed E-state index contributed by atoms with van der Waals surface area (Å²) in [6, 6.07) is 19.8. The van der Waals surface area contributed by atoms with Gasteiger partial charge in [-0.2, -0.15) is 0 Å². The number of piperazine rings is 1. The van der Waals surface area contributed by atoms with Crippen LogP contribution in [0, 0.1) is 6.92 Å². The van der Waals surface area contributed by atoms with Gasteiger partial charge in [-0.1, -0.05) is 55.4 Å². The molecule has 2 aromatic heterocycles. The zero-order chi connectivity index (χ0) is 29.5. The number of nitrogens with zero attached hydrogens (tertiary/aromatic N) is 5. The van der Waals surface area contributed by atoms with E-state index in [1.807, 2.05) is 63.8 Å². The van der Waals surface area contributed by atoms with E-state index in [1.54, 1.807) is 18.0 Å². The van der Waals surface area contributed by atoms with Crippen molar-refractivity contribution in [3.8, 4) is 17.3 Å². The molecule has 2 amide bonds. The van der Waals surface area contributed by atoms with Crippen LogP contribution in [0.25, 0.3) is 17.3 Å². The van der Waals surface area contributed by atoms with Crippen LogP contribution in [0.15, 0.2) is 76.5 Å². The van der Waals surface area contributed by atoms with Crippen LogP contribution in [0.4, 0.5) is 0 Å². The van der Waals surface area contributed by atoms with E-state index >= 15 is 0 Å². The predicted octanol–water partition coefficient (Wildman–Crippen LogP) is 6.42. The lowest BCUT2D eigenvalue weighted by molar-refractivity contribution is -0.133. The molecule has 1 saturated heterocycles. The van der Waals surface area contributed by atoms with Gasteiger partial charge in [-0.3, -0.25) is 14.2 Å². The van der Waals surface area contributed by atoms with Crippen molar-refractivity contribution in [2.45, 2.75) is 64.1 Å². The number of hydrogen-bond acceptors (Lipinski definition) is 6. The van der Waals surface area contributed by atoms with Crippen LogP contribution in [0.5, 0.6) is 0 Å². The first-order valence-corrected chi connectivity index (χ1v) is 15.8. The molecule has 0 saturated carbocycles. The van der Waals surface area contributed by atoms with Crippen LogP contribution < -0.4 is 0 Å². The molecule has 5 rings (SSSR count). The normalized spacial score (nSPS) is 15.3. The molecule has 1 unspecified atom stereocenters. The Balaban J connectivity index is 1.14. The highest BCUT2D eigenvalue weighted by molar-refractivity contribution is 7.99. The summed E-state index contributed by atoms with van der Waals surface area (Å²) < 4.78 is 7.65. The summed E-state index contributed by atoms with van der Waals surface area (Å²) in [5.41, 5.74) is 4.09. The molecule has 2 aromatic carbocycles. The molecule has 4 aromatic rings. The zero-order valence-electron chi connectivity index (χ0n) is 24.7. The molecule has 220 valence electrons. The zero-order valence-corrected chi connectivity index (χ0v) is 25.5. The lowest BCUT2D eigenvalue weighted by Crippen LogP contribution is -2.55. The van der Waals surface area contributed by atoms with Crippen molar-refractivity contribution in [1.82, 2.24) is 24.6 Å². The highest BCUT2D eigenvalue weighted by atomic mass is 32.2. The lowest BCUT2D eigenvalue weighted by atomic mass is 10.0. The number of aromatic nitrogens is 3. The molecule has 3 heterocycles. The maximum absolute atomic E-state index is 13.2. The van der Waals surface area contributed by atoms with Crippen LogP contribution in [0.1, 0.15) is 61.0 Å². The number of rotatable bonds is 11. The second-order valence-electron chi connectivity index (χ2n) is 10.8. The molecule has 0 bridgehead atoms. The van der Waals surface area contributed by atoms with Crippen molar-refractivity contribution < 1.29 is 14.0 Å². The van der Waals surface area contributed by atoms with E-state index < -0.39 is 0 Å². The summed E-state index contributed by atoms with van der Waals surface area (Å²) in [4.78, 5) is 30.1. The van der Waals surface area contributed by atoms with Gasteiger partial charge in [0.15, 0.2) is 10.9 Å². The van der Waals surface area contributed by atoms with Gasteiger partial charge in [0.2, 0.25) is 11.7 Å². The van der Waals surface area contributed by atoms with Crippen LogP contribution in [0.2, 0.25) is 0 Å². The number of benzene rings is 2. The van der Waals surface area contributed by atoms with Crippen LogP contribution in [-0.4, -0.2) is 67.8 Å². The monoisotopic (exact) mass is 585 g/mol. The van der Waals surface area contributed by atoms with E-state index in [9.17, 15) is 9.59 Å². The predicted molar refractivity (Wildman–Crippen MR) is 166 cm³/mol. The maximum atomic E-state index is 13.2. The number of amides is 2. The summed E-state index contributed by atoms with van der Waals surface area (Å²) in [7, 11) is 0. The summed E-state index contributed by atoms with van der Waals surface area (Å²) in [6.07, 6.45) is 6.16. The number of carbonyl (C=O) groups is 2. The van der Waals surface area contributed by atoms with Gasteiger partial charge in [-0.25, -0.2) is 0 Å². The quantitative estimate of drug-likeness (QED) is 0.149. The van der Waals surface area contributed by atoms with Gasteiger partial charge in [0, 0.05) is 43.4 Å². The Bertz CT molecular complexity index is 1480. The van der Waals surface area contributed by atoms with E-state index in [1.165, 1.54) is 5.56 Å². The topological polar surface area (TPSA) is 84.5 Å². The third-order valence-corrected chi connectivity index (χ3v) is 8.77. The van der Waals surface area contributed by atoms with E-state index in [4.69, 9.17) is 4.42 Å². The first kappa shape index (κ1) is 29.6. The minimum atomic E-state index is -0.0305. The highest BCUT2D eigenvalue weighted by Gasteiger charge is 2.30. The Morgan fingerprint density at radius 1 is 1.00 bits per heavy atom. The van der Waals surface area contributed by atoms with Crippen LogP contribution >= 0.6 is 11.8 Å². The first-order chi connectivity index (χ1) is 20.5. The minimum Gasteiger partial charge on any atom is -0.461 e. The summed E-state index contributed by atoms with van der Waals surface area (Å²) >= 11 is 1.59. The molecule has 0 spiro atoms. The third-order valence-electron chi connectivity index (χ3n) is 7.76. The Labute approximate surface area is 252 Å². The fourth-order valence-corrected chi connectivity index (χ4v) is 6.24. The number of unbranched alkanes of at least 4 members (excludes halogenated alkanes) is 1. The van der Waals surface area contributed by atoms with Gasteiger partial charge in [0.1, 0.15) is 0 Å².